The van der Waals surface area contributed by atoms with Crippen LogP contribution in [0.5, 0.6) is 0 Å². The Hall–Kier alpha value is -3.08. The highest BCUT2D eigenvalue weighted by atomic mass is 16.3. The molecule has 0 atom stereocenters. The molecule has 1 aliphatic carbocycles. The number of aromatic nitrogens is 1. The van der Waals surface area contributed by atoms with Crippen molar-refractivity contribution in [3.05, 3.63) is 76.8 Å². The molecule has 0 aliphatic heterocycles. The second-order valence-electron chi connectivity index (χ2n) is 4.72. The molecular weight excluding hydrogens is 280 g/mol. The lowest BCUT2D eigenvalue weighted by molar-refractivity contribution is 0.0929. The number of fused-ring (bicyclic) bond motifs is 1. The van der Waals surface area contributed by atoms with Crippen molar-refractivity contribution in [3.8, 4) is 0 Å². The molecule has 0 saturated heterocycles. The first-order valence-electron chi connectivity index (χ1n) is 6.65. The van der Waals surface area contributed by atoms with Crippen molar-refractivity contribution in [1.29, 1.82) is 0 Å². The average Bonchev–Trinajstić information content (AvgIpc) is 2.57. The Labute approximate surface area is 126 Å². The van der Waals surface area contributed by atoms with E-state index in [1.54, 1.807) is 30.3 Å². The third kappa shape index (κ3) is 2.03. The standard InChI is InChI=1S/C17H12N2O3/c1-18-13(10-6-3-2-4-7-10)12-15(20)11-8-5-9-19-14(11)17(22)16(12)21/h2-9,21H,1H3. The molecule has 108 valence electrons. The fraction of sp³-hybridized carbons (Fsp3) is 0.0588. The third-order valence-corrected chi connectivity index (χ3v) is 3.45. The zero-order valence-corrected chi connectivity index (χ0v) is 11.8. The van der Waals surface area contributed by atoms with E-state index in [0.717, 1.165) is 0 Å². The summed E-state index contributed by atoms with van der Waals surface area (Å²) in [5.74, 6) is -1.73. The minimum atomic E-state index is -0.665. The van der Waals surface area contributed by atoms with Gasteiger partial charge < -0.3 is 5.11 Å². The molecule has 1 heterocycles. The predicted octanol–water partition coefficient (Wildman–Crippen LogP) is 2.39. The molecule has 1 aromatic carbocycles. The number of aliphatic hydroxyl groups is 1. The molecule has 5 nitrogen and oxygen atoms in total. The van der Waals surface area contributed by atoms with Gasteiger partial charge in [-0.3, -0.25) is 19.6 Å². The maximum atomic E-state index is 12.7. The zero-order chi connectivity index (χ0) is 15.7. The maximum absolute atomic E-state index is 12.7. The Morgan fingerprint density at radius 2 is 1.77 bits per heavy atom. The van der Waals surface area contributed by atoms with E-state index in [0.29, 0.717) is 5.56 Å². The lowest BCUT2D eigenvalue weighted by atomic mass is 9.87. The van der Waals surface area contributed by atoms with Gasteiger partial charge in [0, 0.05) is 18.8 Å². The van der Waals surface area contributed by atoms with Gasteiger partial charge in [0.05, 0.1) is 16.8 Å². The molecule has 3 rings (SSSR count). The number of hydrogen-bond acceptors (Lipinski definition) is 5. The Balaban J connectivity index is 2.21. The van der Waals surface area contributed by atoms with Crippen molar-refractivity contribution in [2.45, 2.75) is 0 Å². The molecule has 0 amide bonds. The summed E-state index contributed by atoms with van der Waals surface area (Å²) in [6.07, 6.45) is 1.41. The quantitative estimate of drug-likeness (QED) is 0.862. The molecule has 5 heteroatoms. The maximum Gasteiger partial charge on any atom is 0.247 e. The molecule has 0 spiro atoms. The number of benzene rings is 1. The minimum absolute atomic E-state index is 0.0303. The second kappa shape index (κ2) is 5.37. The molecule has 0 radical (unpaired) electrons. The van der Waals surface area contributed by atoms with Gasteiger partial charge in [-0.05, 0) is 12.1 Å². The minimum Gasteiger partial charge on any atom is -0.503 e. The van der Waals surface area contributed by atoms with Gasteiger partial charge in [-0.2, -0.15) is 0 Å². The van der Waals surface area contributed by atoms with Crippen molar-refractivity contribution in [2.75, 3.05) is 7.05 Å². The second-order valence-corrected chi connectivity index (χ2v) is 4.72. The number of aliphatic imine (C=N–C) groups is 1. The summed E-state index contributed by atoms with van der Waals surface area (Å²) in [6.45, 7) is 0. The van der Waals surface area contributed by atoms with Crippen molar-refractivity contribution >= 4 is 17.3 Å². The van der Waals surface area contributed by atoms with Crippen LogP contribution in [0.1, 0.15) is 26.4 Å². The van der Waals surface area contributed by atoms with Crippen LogP contribution >= 0.6 is 0 Å². The van der Waals surface area contributed by atoms with Gasteiger partial charge in [0.2, 0.25) is 11.6 Å². The molecule has 22 heavy (non-hydrogen) atoms. The van der Waals surface area contributed by atoms with Crippen LogP contribution in [0.4, 0.5) is 0 Å². The first kappa shape index (κ1) is 13.9. The first-order chi connectivity index (χ1) is 10.6. The van der Waals surface area contributed by atoms with Crippen LogP contribution in [-0.2, 0) is 0 Å². The van der Waals surface area contributed by atoms with E-state index in [1.807, 2.05) is 6.07 Å². The van der Waals surface area contributed by atoms with Crippen LogP contribution in [0.2, 0.25) is 0 Å². The molecule has 2 aromatic rings. The number of aliphatic hydroxyl groups excluding tert-OH is 1. The Morgan fingerprint density at radius 3 is 2.45 bits per heavy atom. The van der Waals surface area contributed by atoms with Crippen molar-refractivity contribution in [1.82, 2.24) is 4.98 Å². The van der Waals surface area contributed by atoms with Gasteiger partial charge in [-0.25, -0.2) is 0 Å². The number of Topliss-reactive ketones (excluding diaryl/α,β-unsaturated/α-hetero) is 2. The van der Waals surface area contributed by atoms with Crippen LogP contribution in [0, 0.1) is 0 Å². The summed E-state index contributed by atoms with van der Waals surface area (Å²) in [4.78, 5) is 32.9. The van der Waals surface area contributed by atoms with E-state index < -0.39 is 17.3 Å². The Bertz CT molecular complexity index is 836. The van der Waals surface area contributed by atoms with Crippen molar-refractivity contribution < 1.29 is 14.7 Å². The van der Waals surface area contributed by atoms with E-state index in [1.165, 1.54) is 19.3 Å². The highest BCUT2D eigenvalue weighted by molar-refractivity contribution is 6.39. The highest BCUT2D eigenvalue weighted by Gasteiger charge is 2.35. The number of carbonyl (C=O) groups is 2. The van der Waals surface area contributed by atoms with Crippen LogP contribution in [0.3, 0.4) is 0 Å². The van der Waals surface area contributed by atoms with E-state index in [2.05, 4.69) is 9.98 Å². The normalized spacial score (nSPS) is 15.0. The molecule has 0 bridgehead atoms. The molecular formula is C17H12N2O3. The number of allylic oxidation sites excluding steroid dienone is 2. The van der Waals surface area contributed by atoms with Gasteiger partial charge >= 0.3 is 0 Å². The fourth-order valence-corrected chi connectivity index (χ4v) is 2.44. The van der Waals surface area contributed by atoms with Crippen LogP contribution < -0.4 is 0 Å². The summed E-state index contributed by atoms with van der Waals surface area (Å²) in [5, 5.41) is 10.2. The number of ketones is 2. The predicted molar refractivity (Wildman–Crippen MR) is 81.5 cm³/mol. The van der Waals surface area contributed by atoms with Gasteiger partial charge in [-0.15, -0.1) is 0 Å². The SMILES string of the molecule is CN=C(C1=C(O)C(=O)c2ncccc2C1=O)c1ccccc1. The smallest absolute Gasteiger partial charge is 0.247 e. The van der Waals surface area contributed by atoms with Crippen molar-refractivity contribution in [3.63, 3.8) is 0 Å². The molecule has 0 saturated carbocycles. The topological polar surface area (TPSA) is 79.6 Å². The Morgan fingerprint density at radius 1 is 1.05 bits per heavy atom. The third-order valence-electron chi connectivity index (χ3n) is 3.45. The molecule has 1 N–H and O–H groups in total. The summed E-state index contributed by atoms with van der Waals surface area (Å²) >= 11 is 0. The van der Waals surface area contributed by atoms with Gasteiger partial charge in [0.25, 0.3) is 0 Å². The van der Waals surface area contributed by atoms with E-state index in [4.69, 9.17) is 0 Å². The Kier molecular flexibility index (Phi) is 3.39. The summed E-state index contributed by atoms with van der Waals surface area (Å²) in [5.41, 5.74) is 1.000. The number of hydrogen-bond donors (Lipinski definition) is 1. The van der Waals surface area contributed by atoms with Crippen LogP contribution in [0.25, 0.3) is 0 Å². The summed E-state index contributed by atoms with van der Waals surface area (Å²) in [6, 6.07) is 12.0. The van der Waals surface area contributed by atoms with Crippen LogP contribution in [-0.4, -0.2) is 34.4 Å². The van der Waals surface area contributed by atoms with E-state index in [-0.39, 0.29) is 22.5 Å². The number of pyridine rings is 1. The molecule has 1 aliphatic rings. The highest BCUT2D eigenvalue weighted by Crippen LogP contribution is 2.26. The zero-order valence-electron chi connectivity index (χ0n) is 11.8. The van der Waals surface area contributed by atoms with Gasteiger partial charge in [0.15, 0.2) is 5.76 Å². The van der Waals surface area contributed by atoms with Gasteiger partial charge in [0.1, 0.15) is 5.69 Å². The number of rotatable bonds is 2. The average molecular weight is 292 g/mol. The monoisotopic (exact) mass is 292 g/mol. The first-order valence-corrected chi connectivity index (χ1v) is 6.65. The van der Waals surface area contributed by atoms with Gasteiger partial charge in [-0.1, -0.05) is 30.3 Å². The molecule has 0 fully saturated rings. The lowest BCUT2D eigenvalue weighted by Gasteiger charge is -2.18. The fourth-order valence-electron chi connectivity index (χ4n) is 2.44. The van der Waals surface area contributed by atoms with E-state index in [9.17, 15) is 14.7 Å². The largest absolute Gasteiger partial charge is 0.503 e. The summed E-state index contributed by atoms with van der Waals surface area (Å²) < 4.78 is 0. The number of carbonyl (C=O) groups excluding carboxylic acids is 2. The number of nitrogens with zero attached hydrogens (tertiary/aromatic N) is 2. The molecule has 1 aromatic heterocycles. The lowest BCUT2D eigenvalue weighted by Crippen LogP contribution is -2.28. The van der Waals surface area contributed by atoms with Crippen molar-refractivity contribution in [2.24, 2.45) is 4.99 Å². The summed E-state index contributed by atoms with van der Waals surface area (Å²) in [7, 11) is 1.51. The molecule has 0 unspecified atom stereocenters. The van der Waals surface area contributed by atoms with Crippen LogP contribution in [0.15, 0.2) is 65.0 Å². The van der Waals surface area contributed by atoms with E-state index >= 15 is 0 Å².